The molecule has 0 heterocycles. The van der Waals surface area contributed by atoms with Gasteiger partial charge in [0, 0.05) is 16.6 Å². The Labute approximate surface area is 140 Å². The number of amides is 1. The number of rotatable bonds is 5. The molecule has 2 N–H and O–H groups in total. The molecular weight excluding hydrogens is 300 g/mol. The Morgan fingerprint density at radius 2 is 1.50 bits per heavy atom. The van der Waals surface area contributed by atoms with E-state index >= 15 is 0 Å². The summed E-state index contributed by atoms with van der Waals surface area (Å²) in [4.78, 5) is 23.8. The number of carbonyl (C=O) groups excluding carboxylic acids is 2. The van der Waals surface area contributed by atoms with E-state index in [1.54, 1.807) is 24.3 Å². The second-order valence-corrected chi connectivity index (χ2v) is 5.53. The van der Waals surface area contributed by atoms with E-state index in [-0.39, 0.29) is 18.2 Å². The van der Waals surface area contributed by atoms with Gasteiger partial charge in [-0.05, 0) is 30.5 Å². The minimum absolute atomic E-state index is 0.0760. The molecule has 1 amide bonds. The zero-order valence-corrected chi connectivity index (χ0v) is 13.4. The van der Waals surface area contributed by atoms with Crippen molar-refractivity contribution in [2.24, 2.45) is 0 Å². The Balaban J connectivity index is 1.71. The first-order chi connectivity index (χ1) is 11.6. The lowest BCUT2D eigenvalue weighted by molar-refractivity contribution is -0.114. The fourth-order valence-electron chi connectivity index (χ4n) is 2.65. The number of carbonyl (C=O) groups is 2. The number of hydrogen-bond acceptors (Lipinski definition) is 3. The van der Waals surface area contributed by atoms with Crippen molar-refractivity contribution in [1.29, 1.82) is 0 Å². The molecule has 3 rings (SSSR count). The first-order valence-corrected chi connectivity index (χ1v) is 7.76. The number of hydrogen-bond donors (Lipinski definition) is 2. The molecule has 0 bridgehead atoms. The predicted octanol–water partition coefficient (Wildman–Crippen LogP) is 4.09. The Morgan fingerprint density at radius 1 is 0.833 bits per heavy atom. The summed E-state index contributed by atoms with van der Waals surface area (Å²) in [6, 6.07) is 20.9. The van der Waals surface area contributed by atoms with Crippen LogP contribution in [-0.2, 0) is 4.79 Å². The second kappa shape index (κ2) is 6.96. The summed E-state index contributed by atoms with van der Waals surface area (Å²) in [7, 11) is 0. The maximum atomic E-state index is 12.2. The molecule has 0 aliphatic heterocycles. The molecule has 0 atom stereocenters. The summed E-state index contributed by atoms with van der Waals surface area (Å²) in [6.07, 6.45) is 0. The van der Waals surface area contributed by atoms with E-state index < -0.39 is 0 Å². The molecule has 0 unspecified atom stereocenters. The third-order valence-electron chi connectivity index (χ3n) is 3.81. The van der Waals surface area contributed by atoms with Gasteiger partial charge >= 0.3 is 0 Å². The summed E-state index contributed by atoms with van der Waals surface area (Å²) < 4.78 is 0. The standard InChI is InChI=1S/C20H18N2O2/c1-14(23)16-9-4-5-11-19(16)22-20(24)13-21-18-12-6-8-15-7-2-3-10-17(15)18/h2-12,21H,13H2,1H3,(H,22,24). The van der Waals surface area contributed by atoms with Crippen LogP contribution in [0.5, 0.6) is 0 Å². The van der Waals surface area contributed by atoms with E-state index in [1.807, 2.05) is 42.5 Å². The van der Waals surface area contributed by atoms with E-state index in [0.29, 0.717) is 11.3 Å². The predicted molar refractivity (Wildman–Crippen MR) is 97.5 cm³/mol. The molecule has 3 aromatic carbocycles. The van der Waals surface area contributed by atoms with Crippen molar-refractivity contribution in [1.82, 2.24) is 0 Å². The molecule has 120 valence electrons. The van der Waals surface area contributed by atoms with E-state index in [1.165, 1.54) is 6.92 Å². The van der Waals surface area contributed by atoms with Crippen LogP contribution in [0.15, 0.2) is 66.7 Å². The monoisotopic (exact) mass is 318 g/mol. The molecule has 0 saturated heterocycles. The van der Waals surface area contributed by atoms with Gasteiger partial charge in [0.15, 0.2) is 5.78 Å². The summed E-state index contributed by atoms with van der Waals surface area (Å²) in [5.74, 6) is -0.274. The fraction of sp³-hybridized carbons (Fsp3) is 0.100. The van der Waals surface area contributed by atoms with Gasteiger partial charge in [-0.25, -0.2) is 0 Å². The third-order valence-corrected chi connectivity index (χ3v) is 3.81. The van der Waals surface area contributed by atoms with Gasteiger partial charge in [-0.1, -0.05) is 48.5 Å². The summed E-state index contributed by atoms with van der Waals surface area (Å²) in [5, 5.41) is 8.13. The molecule has 0 aliphatic carbocycles. The topological polar surface area (TPSA) is 58.2 Å². The van der Waals surface area contributed by atoms with Crippen LogP contribution in [0.2, 0.25) is 0 Å². The molecule has 0 aromatic heterocycles. The molecule has 0 aliphatic rings. The molecule has 0 saturated carbocycles. The molecule has 4 nitrogen and oxygen atoms in total. The van der Waals surface area contributed by atoms with Crippen LogP contribution < -0.4 is 10.6 Å². The Morgan fingerprint density at radius 3 is 2.33 bits per heavy atom. The average Bonchev–Trinajstić information content (AvgIpc) is 2.60. The normalized spacial score (nSPS) is 10.4. The SMILES string of the molecule is CC(=O)c1ccccc1NC(=O)CNc1cccc2ccccc12. The van der Waals surface area contributed by atoms with Crippen molar-refractivity contribution in [3.63, 3.8) is 0 Å². The Hall–Kier alpha value is -3.14. The summed E-state index contributed by atoms with van der Waals surface area (Å²) in [6.45, 7) is 1.61. The lowest BCUT2D eigenvalue weighted by Crippen LogP contribution is -2.22. The number of ketones is 1. The van der Waals surface area contributed by atoms with Crippen molar-refractivity contribution in [3.05, 3.63) is 72.3 Å². The van der Waals surface area contributed by atoms with Crippen LogP contribution in [0.25, 0.3) is 10.8 Å². The van der Waals surface area contributed by atoms with Gasteiger partial charge in [0.05, 0.1) is 12.2 Å². The van der Waals surface area contributed by atoms with Crippen LogP contribution in [0.1, 0.15) is 17.3 Å². The molecule has 24 heavy (non-hydrogen) atoms. The molecule has 3 aromatic rings. The van der Waals surface area contributed by atoms with Crippen molar-refractivity contribution in [2.75, 3.05) is 17.2 Å². The van der Waals surface area contributed by atoms with Crippen molar-refractivity contribution in [2.45, 2.75) is 6.92 Å². The second-order valence-electron chi connectivity index (χ2n) is 5.53. The van der Waals surface area contributed by atoms with Gasteiger partial charge in [0.25, 0.3) is 0 Å². The number of anilines is 2. The molecule has 0 spiro atoms. The maximum absolute atomic E-state index is 12.2. The summed E-state index contributed by atoms with van der Waals surface area (Å²) in [5.41, 5.74) is 1.95. The van der Waals surface area contributed by atoms with E-state index in [0.717, 1.165) is 16.5 Å². The Bertz CT molecular complexity index is 898. The Kier molecular flexibility index (Phi) is 4.57. The van der Waals surface area contributed by atoms with Crippen LogP contribution in [0, 0.1) is 0 Å². The molecular formula is C20H18N2O2. The maximum Gasteiger partial charge on any atom is 0.243 e. The van der Waals surface area contributed by atoms with E-state index in [2.05, 4.69) is 10.6 Å². The molecule has 0 radical (unpaired) electrons. The number of para-hydroxylation sites is 1. The van der Waals surface area contributed by atoms with Gasteiger partial charge in [0.2, 0.25) is 5.91 Å². The number of nitrogens with one attached hydrogen (secondary N) is 2. The average molecular weight is 318 g/mol. The summed E-state index contributed by atoms with van der Waals surface area (Å²) >= 11 is 0. The van der Waals surface area contributed by atoms with Gasteiger partial charge in [-0.15, -0.1) is 0 Å². The van der Waals surface area contributed by atoms with Gasteiger partial charge < -0.3 is 10.6 Å². The van der Waals surface area contributed by atoms with Crippen LogP contribution in [-0.4, -0.2) is 18.2 Å². The first kappa shape index (κ1) is 15.7. The van der Waals surface area contributed by atoms with Gasteiger partial charge in [-0.2, -0.15) is 0 Å². The largest absolute Gasteiger partial charge is 0.376 e. The minimum Gasteiger partial charge on any atom is -0.376 e. The van der Waals surface area contributed by atoms with Crippen LogP contribution >= 0.6 is 0 Å². The highest BCUT2D eigenvalue weighted by molar-refractivity contribution is 6.04. The lowest BCUT2D eigenvalue weighted by atomic mass is 10.1. The lowest BCUT2D eigenvalue weighted by Gasteiger charge is -2.12. The highest BCUT2D eigenvalue weighted by atomic mass is 16.2. The highest BCUT2D eigenvalue weighted by Gasteiger charge is 2.10. The van der Waals surface area contributed by atoms with Crippen LogP contribution in [0.4, 0.5) is 11.4 Å². The minimum atomic E-state index is -0.198. The highest BCUT2D eigenvalue weighted by Crippen LogP contribution is 2.22. The van der Waals surface area contributed by atoms with E-state index in [4.69, 9.17) is 0 Å². The quantitative estimate of drug-likeness (QED) is 0.697. The van der Waals surface area contributed by atoms with Gasteiger partial charge in [-0.3, -0.25) is 9.59 Å². The zero-order valence-electron chi connectivity index (χ0n) is 13.4. The molecule has 4 heteroatoms. The number of benzene rings is 3. The van der Waals surface area contributed by atoms with Crippen molar-refractivity contribution >= 4 is 33.8 Å². The number of Topliss-reactive ketones (excluding diaryl/α,β-unsaturated/α-hetero) is 1. The van der Waals surface area contributed by atoms with Gasteiger partial charge in [0.1, 0.15) is 0 Å². The number of fused-ring (bicyclic) bond motifs is 1. The fourth-order valence-corrected chi connectivity index (χ4v) is 2.65. The van der Waals surface area contributed by atoms with Crippen molar-refractivity contribution in [3.8, 4) is 0 Å². The van der Waals surface area contributed by atoms with Crippen LogP contribution in [0.3, 0.4) is 0 Å². The van der Waals surface area contributed by atoms with E-state index in [9.17, 15) is 9.59 Å². The van der Waals surface area contributed by atoms with Crippen molar-refractivity contribution < 1.29 is 9.59 Å². The first-order valence-electron chi connectivity index (χ1n) is 7.76. The third kappa shape index (κ3) is 3.43. The smallest absolute Gasteiger partial charge is 0.243 e. The zero-order chi connectivity index (χ0) is 16.9. The molecule has 0 fully saturated rings.